The highest BCUT2D eigenvalue weighted by molar-refractivity contribution is 6.33. The lowest BCUT2D eigenvalue weighted by Crippen LogP contribution is -2.12. The first-order valence-electron chi connectivity index (χ1n) is 11.3. The second-order valence-electron chi connectivity index (χ2n) is 8.62. The van der Waals surface area contributed by atoms with Crippen LogP contribution in [-0.2, 0) is 4.79 Å². The Hall–Kier alpha value is -2.84. The Morgan fingerprint density at radius 1 is 1.36 bits per heavy atom. The molecular weight excluding hydrogens is 444 g/mol. The van der Waals surface area contributed by atoms with Gasteiger partial charge in [0.25, 0.3) is 0 Å². The largest absolute Gasteiger partial charge is 0.489 e. The van der Waals surface area contributed by atoms with Gasteiger partial charge in [-0.25, -0.2) is 4.52 Å². The number of benzene rings is 1. The van der Waals surface area contributed by atoms with Crippen molar-refractivity contribution < 1.29 is 19.4 Å². The zero-order valence-corrected chi connectivity index (χ0v) is 19.6. The second-order valence-corrected chi connectivity index (χ2v) is 9.02. The number of aliphatic hydroxyl groups is 1. The molecule has 8 nitrogen and oxygen atoms in total. The summed E-state index contributed by atoms with van der Waals surface area (Å²) in [7, 11) is 0. The topological polar surface area (TPSA) is 98.0 Å². The maximum atomic E-state index is 12.2. The summed E-state index contributed by atoms with van der Waals surface area (Å²) in [4.78, 5) is 16.5. The highest BCUT2D eigenvalue weighted by atomic mass is 35.5. The van der Waals surface area contributed by atoms with Crippen LogP contribution in [0.1, 0.15) is 51.0 Å². The number of nitrogens with zero attached hydrogens (tertiary/aromatic N) is 3. The van der Waals surface area contributed by atoms with E-state index in [0.717, 1.165) is 24.3 Å². The number of hydrogen-bond acceptors (Lipinski definition) is 6. The number of aromatic nitrogens is 3. The van der Waals surface area contributed by atoms with Crippen LogP contribution in [0.15, 0.2) is 30.7 Å². The van der Waals surface area contributed by atoms with Crippen molar-refractivity contribution in [2.75, 3.05) is 11.9 Å². The summed E-state index contributed by atoms with van der Waals surface area (Å²) in [6.45, 7) is 3.70. The quantitative estimate of drug-likeness (QED) is 0.374. The van der Waals surface area contributed by atoms with E-state index in [2.05, 4.69) is 15.4 Å². The molecule has 9 heteroatoms. The van der Waals surface area contributed by atoms with Crippen LogP contribution in [-0.4, -0.2) is 38.3 Å². The van der Waals surface area contributed by atoms with E-state index < -0.39 is 6.10 Å². The molecule has 1 aromatic carbocycles. The minimum atomic E-state index is -0.585. The molecule has 2 N–H and O–H groups in total. The summed E-state index contributed by atoms with van der Waals surface area (Å²) in [6.07, 6.45) is 8.92. The molecule has 4 rings (SSSR count). The molecule has 2 heterocycles. The second kappa shape index (κ2) is 10.4. The third-order valence-corrected chi connectivity index (χ3v) is 5.93. The van der Waals surface area contributed by atoms with Gasteiger partial charge in [-0.05, 0) is 38.3 Å². The highest BCUT2D eigenvalue weighted by Gasteiger charge is 2.20. The molecule has 1 fully saturated rings. The molecule has 1 atom stereocenters. The number of carbonyl (C=O) groups excluding carboxylic acids is 1. The minimum Gasteiger partial charge on any atom is -0.489 e. The van der Waals surface area contributed by atoms with Gasteiger partial charge in [-0.15, -0.1) is 0 Å². The van der Waals surface area contributed by atoms with E-state index in [4.69, 9.17) is 21.1 Å². The number of anilines is 1. The number of fused-ring (bicyclic) bond motifs is 1. The van der Waals surface area contributed by atoms with Crippen molar-refractivity contribution in [2.24, 2.45) is 5.92 Å². The Bertz CT molecular complexity index is 1130. The molecule has 176 valence electrons. The predicted octanol–water partition coefficient (Wildman–Crippen LogP) is 5.15. The average molecular weight is 473 g/mol. The number of halogens is 1. The molecule has 0 spiro atoms. The van der Waals surface area contributed by atoms with Crippen LogP contribution in [0.25, 0.3) is 5.52 Å². The summed E-state index contributed by atoms with van der Waals surface area (Å²) < 4.78 is 13.3. The average Bonchev–Trinajstić information content (AvgIpc) is 3.54. The van der Waals surface area contributed by atoms with Gasteiger partial charge in [-0.3, -0.25) is 4.79 Å². The number of unbranched alkanes of at least 4 members (excludes halogenated alkanes) is 1. The van der Waals surface area contributed by atoms with Crippen LogP contribution in [0.4, 0.5) is 5.69 Å². The van der Waals surface area contributed by atoms with Gasteiger partial charge in [0, 0.05) is 18.1 Å². The van der Waals surface area contributed by atoms with Crippen LogP contribution in [0.2, 0.25) is 5.02 Å². The molecule has 33 heavy (non-hydrogen) atoms. The standard InChI is InChI=1S/C24H29ClN4O4/c1-15(30)13-32-21-12-29-23(16(21)2)24(26-14-27-29)33-18-9-10-20(19(25)11-18)28-22(31)6-4-3-5-17-7-8-17/h9-12,14-15,17,30H,3-8,13H2,1-2H3,(H,28,31). The molecule has 1 aliphatic rings. The van der Waals surface area contributed by atoms with Crippen molar-refractivity contribution in [1.29, 1.82) is 0 Å². The first-order chi connectivity index (χ1) is 15.9. The Kier molecular flexibility index (Phi) is 7.35. The molecule has 0 radical (unpaired) electrons. The predicted molar refractivity (Wildman–Crippen MR) is 126 cm³/mol. The maximum Gasteiger partial charge on any atom is 0.247 e. The zero-order chi connectivity index (χ0) is 23.4. The Morgan fingerprint density at radius 3 is 2.91 bits per heavy atom. The van der Waals surface area contributed by atoms with Gasteiger partial charge in [-0.2, -0.15) is 10.1 Å². The summed E-state index contributed by atoms with van der Waals surface area (Å²) in [6, 6.07) is 5.10. The number of ether oxygens (including phenoxy) is 2. The fraction of sp³-hybridized carbons (Fsp3) is 0.458. The van der Waals surface area contributed by atoms with Crippen LogP contribution >= 0.6 is 11.6 Å². The molecule has 1 aliphatic carbocycles. The first kappa shape index (κ1) is 23.3. The third-order valence-electron chi connectivity index (χ3n) is 5.62. The normalized spacial score (nSPS) is 14.3. The number of hydrogen-bond donors (Lipinski definition) is 2. The van der Waals surface area contributed by atoms with E-state index in [1.807, 2.05) is 6.92 Å². The fourth-order valence-corrected chi connectivity index (χ4v) is 3.86. The number of rotatable bonds is 11. The Balaban J connectivity index is 1.41. The van der Waals surface area contributed by atoms with Gasteiger partial charge in [0.2, 0.25) is 11.8 Å². The van der Waals surface area contributed by atoms with Crippen molar-refractivity contribution in [2.45, 2.75) is 58.5 Å². The van der Waals surface area contributed by atoms with Gasteiger partial charge in [0.1, 0.15) is 29.9 Å². The molecule has 1 unspecified atom stereocenters. The van der Waals surface area contributed by atoms with Crippen LogP contribution in [0.3, 0.4) is 0 Å². The fourth-order valence-electron chi connectivity index (χ4n) is 3.65. The molecule has 0 aliphatic heterocycles. The molecule has 0 saturated heterocycles. The van der Waals surface area contributed by atoms with Crippen LogP contribution < -0.4 is 14.8 Å². The van der Waals surface area contributed by atoms with Crippen molar-refractivity contribution in [1.82, 2.24) is 14.6 Å². The third kappa shape index (κ3) is 6.15. The van der Waals surface area contributed by atoms with E-state index in [1.54, 1.807) is 35.8 Å². The maximum absolute atomic E-state index is 12.2. The smallest absolute Gasteiger partial charge is 0.247 e. The molecule has 1 saturated carbocycles. The van der Waals surface area contributed by atoms with E-state index in [0.29, 0.717) is 40.0 Å². The van der Waals surface area contributed by atoms with Gasteiger partial charge in [-0.1, -0.05) is 37.3 Å². The summed E-state index contributed by atoms with van der Waals surface area (Å²) in [5.41, 5.74) is 2.00. The molecule has 3 aromatic rings. The van der Waals surface area contributed by atoms with Gasteiger partial charge in [0.15, 0.2) is 0 Å². The van der Waals surface area contributed by atoms with E-state index in [9.17, 15) is 9.90 Å². The molecule has 1 amide bonds. The number of aryl methyl sites for hydroxylation is 1. The molecule has 0 bridgehead atoms. The lowest BCUT2D eigenvalue weighted by atomic mass is 10.1. The molecular formula is C24H29ClN4O4. The van der Waals surface area contributed by atoms with Gasteiger partial charge in [0.05, 0.1) is 23.0 Å². The van der Waals surface area contributed by atoms with E-state index in [-0.39, 0.29) is 12.5 Å². The van der Waals surface area contributed by atoms with Crippen molar-refractivity contribution in [3.05, 3.63) is 41.3 Å². The van der Waals surface area contributed by atoms with E-state index >= 15 is 0 Å². The first-order valence-corrected chi connectivity index (χ1v) is 11.7. The van der Waals surface area contributed by atoms with Crippen molar-refractivity contribution >= 4 is 28.7 Å². The monoisotopic (exact) mass is 472 g/mol. The van der Waals surface area contributed by atoms with Crippen molar-refractivity contribution in [3.63, 3.8) is 0 Å². The summed E-state index contributed by atoms with van der Waals surface area (Å²) in [5.74, 6) is 2.28. The van der Waals surface area contributed by atoms with Gasteiger partial charge >= 0.3 is 0 Å². The van der Waals surface area contributed by atoms with Crippen molar-refractivity contribution in [3.8, 4) is 17.4 Å². The molecule has 2 aromatic heterocycles. The Morgan fingerprint density at radius 2 is 2.18 bits per heavy atom. The Labute approximate surface area is 197 Å². The van der Waals surface area contributed by atoms with E-state index in [1.165, 1.54) is 25.6 Å². The lowest BCUT2D eigenvalue weighted by molar-refractivity contribution is -0.116. The van der Waals surface area contributed by atoms with Gasteiger partial charge < -0.3 is 19.9 Å². The minimum absolute atomic E-state index is 0.0348. The zero-order valence-electron chi connectivity index (χ0n) is 18.9. The lowest BCUT2D eigenvalue weighted by Gasteiger charge is -2.11. The number of nitrogens with one attached hydrogen (secondary N) is 1. The SMILES string of the molecule is Cc1c(OCC(C)O)cn2ncnc(Oc3ccc(NC(=O)CCCCC4CC4)c(Cl)c3)c12. The van der Waals surface area contributed by atoms with Crippen LogP contribution in [0.5, 0.6) is 17.4 Å². The summed E-state index contributed by atoms with van der Waals surface area (Å²) >= 11 is 6.40. The number of aliphatic hydroxyl groups excluding tert-OH is 1. The number of amides is 1. The summed E-state index contributed by atoms with van der Waals surface area (Å²) in [5, 5.41) is 17.0. The highest BCUT2D eigenvalue weighted by Crippen LogP contribution is 2.35. The number of carbonyl (C=O) groups is 1. The van der Waals surface area contributed by atoms with Crippen LogP contribution in [0, 0.1) is 12.8 Å².